The van der Waals surface area contributed by atoms with Crippen LogP contribution in [0.4, 0.5) is 0 Å². The lowest BCUT2D eigenvalue weighted by Crippen LogP contribution is -2.19. The third kappa shape index (κ3) is 9.09. The first-order valence-electron chi connectivity index (χ1n) is 6.89. The molecule has 0 aliphatic carbocycles. The third-order valence-electron chi connectivity index (χ3n) is 2.81. The van der Waals surface area contributed by atoms with Crippen LogP contribution in [0.25, 0.3) is 0 Å². The second-order valence-corrected chi connectivity index (χ2v) is 7.41. The molecule has 0 aliphatic rings. The second-order valence-electron chi connectivity index (χ2n) is 4.68. The van der Waals surface area contributed by atoms with Crippen molar-refractivity contribution < 1.29 is 18.6 Å². The molecule has 0 saturated carbocycles. The molecule has 0 saturated heterocycles. The minimum atomic E-state index is -2.52. The maximum absolute atomic E-state index is 12.2. The molecule has 2 unspecified atom stereocenters. The molecular weight excluding hydrogens is 251 g/mol. The minimum Gasteiger partial charge on any atom is -0.353 e. The van der Waals surface area contributed by atoms with Crippen molar-refractivity contribution in [2.24, 2.45) is 5.92 Å². The van der Waals surface area contributed by atoms with Crippen molar-refractivity contribution in [2.75, 3.05) is 32.6 Å². The number of rotatable bonds is 11. The topological polar surface area (TPSA) is 44.8 Å². The van der Waals surface area contributed by atoms with E-state index in [0.717, 1.165) is 6.42 Å². The Morgan fingerprint density at radius 1 is 1.11 bits per heavy atom. The molecule has 0 heterocycles. The Bertz CT molecular complexity index is 239. The number of hydrogen-bond donors (Lipinski definition) is 0. The van der Waals surface area contributed by atoms with Crippen LogP contribution < -0.4 is 0 Å². The van der Waals surface area contributed by atoms with Crippen molar-refractivity contribution in [1.29, 1.82) is 0 Å². The lowest BCUT2D eigenvalue weighted by molar-refractivity contribution is -0.136. The van der Waals surface area contributed by atoms with Crippen LogP contribution in [0.3, 0.4) is 0 Å². The molecule has 0 aromatic rings. The second kappa shape index (κ2) is 9.96. The molecule has 0 spiro atoms. The van der Waals surface area contributed by atoms with Crippen molar-refractivity contribution in [3.05, 3.63) is 0 Å². The SMILES string of the molecule is CCOC(CCP(C)(=O)OCC(C)CC)OCC. The highest BCUT2D eigenvalue weighted by Crippen LogP contribution is 2.44. The largest absolute Gasteiger partial charge is 0.353 e. The van der Waals surface area contributed by atoms with Gasteiger partial charge < -0.3 is 14.0 Å². The quantitative estimate of drug-likeness (QED) is 0.427. The summed E-state index contributed by atoms with van der Waals surface area (Å²) in [5.41, 5.74) is 0. The van der Waals surface area contributed by atoms with E-state index in [4.69, 9.17) is 14.0 Å². The Morgan fingerprint density at radius 2 is 1.67 bits per heavy atom. The molecule has 0 fully saturated rings. The Labute approximate surface area is 112 Å². The van der Waals surface area contributed by atoms with Gasteiger partial charge in [-0.05, 0) is 19.8 Å². The average Bonchev–Trinajstić information content (AvgIpc) is 2.34. The van der Waals surface area contributed by atoms with Crippen molar-refractivity contribution >= 4 is 7.37 Å². The Balaban J connectivity index is 4.02. The van der Waals surface area contributed by atoms with Crippen molar-refractivity contribution in [3.8, 4) is 0 Å². The zero-order valence-corrected chi connectivity index (χ0v) is 13.4. The zero-order valence-electron chi connectivity index (χ0n) is 12.5. The van der Waals surface area contributed by atoms with E-state index in [0.29, 0.717) is 38.3 Å². The predicted molar refractivity (Wildman–Crippen MR) is 75.5 cm³/mol. The summed E-state index contributed by atoms with van der Waals surface area (Å²) in [6.07, 6.45) is 1.91. The molecule has 110 valence electrons. The molecule has 0 radical (unpaired) electrons. The van der Waals surface area contributed by atoms with Crippen molar-refractivity contribution in [2.45, 2.75) is 46.8 Å². The van der Waals surface area contributed by atoms with Crippen LogP contribution in [0.1, 0.15) is 40.5 Å². The van der Waals surface area contributed by atoms with Gasteiger partial charge in [0.25, 0.3) is 0 Å². The molecule has 5 heteroatoms. The highest BCUT2D eigenvalue weighted by molar-refractivity contribution is 7.58. The predicted octanol–water partition coefficient (Wildman–Crippen LogP) is 3.75. The summed E-state index contributed by atoms with van der Waals surface area (Å²) in [5.74, 6) is 0.452. The maximum atomic E-state index is 12.2. The fourth-order valence-corrected chi connectivity index (χ4v) is 2.77. The summed E-state index contributed by atoms with van der Waals surface area (Å²) in [6, 6.07) is 0. The van der Waals surface area contributed by atoms with Gasteiger partial charge in [-0.2, -0.15) is 0 Å². The summed E-state index contributed by atoms with van der Waals surface area (Å²) in [7, 11) is -2.52. The van der Waals surface area contributed by atoms with Gasteiger partial charge in [0, 0.05) is 32.5 Å². The zero-order chi connectivity index (χ0) is 14.0. The Kier molecular flexibility index (Phi) is 10.0. The molecule has 0 aromatic heterocycles. The fraction of sp³-hybridized carbons (Fsp3) is 1.00. The van der Waals surface area contributed by atoms with E-state index in [1.807, 2.05) is 13.8 Å². The Morgan fingerprint density at radius 3 is 2.11 bits per heavy atom. The summed E-state index contributed by atoms with van der Waals surface area (Å²) in [5, 5.41) is 0. The van der Waals surface area contributed by atoms with Crippen LogP contribution in [-0.2, 0) is 18.6 Å². The highest BCUT2D eigenvalue weighted by Gasteiger charge is 2.20. The standard InChI is InChI=1S/C13H29O4P/c1-6-12(4)11-17-18(5,14)10-9-13(15-7-2)16-8-3/h12-13H,6-11H2,1-5H3. The van der Waals surface area contributed by atoms with E-state index >= 15 is 0 Å². The third-order valence-corrected chi connectivity index (χ3v) is 4.57. The van der Waals surface area contributed by atoms with Crippen LogP contribution in [0.5, 0.6) is 0 Å². The van der Waals surface area contributed by atoms with Gasteiger partial charge in [0.2, 0.25) is 0 Å². The lowest BCUT2D eigenvalue weighted by Gasteiger charge is -2.20. The molecule has 0 bridgehead atoms. The maximum Gasteiger partial charge on any atom is 0.200 e. The number of ether oxygens (including phenoxy) is 2. The van der Waals surface area contributed by atoms with Gasteiger partial charge >= 0.3 is 0 Å². The van der Waals surface area contributed by atoms with Crippen LogP contribution in [-0.4, -0.2) is 38.9 Å². The van der Waals surface area contributed by atoms with E-state index in [2.05, 4.69) is 13.8 Å². The normalized spacial score (nSPS) is 16.8. The average molecular weight is 280 g/mol. The van der Waals surface area contributed by atoms with Gasteiger partial charge in [-0.25, -0.2) is 0 Å². The van der Waals surface area contributed by atoms with Crippen molar-refractivity contribution in [1.82, 2.24) is 0 Å². The molecule has 0 amide bonds. The molecule has 0 N–H and O–H groups in total. The first-order chi connectivity index (χ1) is 8.45. The van der Waals surface area contributed by atoms with Crippen LogP contribution >= 0.6 is 7.37 Å². The number of hydrogen-bond acceptors (Lipinski definition) is 4. The Hall–Kier alpha value is 0.110. The van der Waals surface area contributed by atoms with Gasteiger partial charge in [-0.15, -0.1) is 0 Å². The molecule has 0 aliphatic heterocycles. The summed E-state index contributed by atoms with van der Waals surface area (Å²) in [6.45, 7) is 11.5. The molecule has 0 rings (SSSR count). The summed E-state index contributed by atoms with van der Waals surface area (Å²) in [4.78, 5) is 0. The van der Waals surface area contributed by atoms with Gasteiger partial charge in [0.1, 0.15) is 0 Å². The monoisotopic (exact) mass is 280 g/mol. The van der Waals surface area contributed by atoms with Crippen molar-refractivity contribution in [3.63, 3.8) is 0 Å². The van der Waals surface area contributed by atoms with E-state index in [1.165, 1.54) is 0 Å². The lowest BCUT2D eigenvalue weighted by atomic mass is 10.1. The summed E-state index contributed by atoms with van der Waals surface area (Å²) >= 11 is 0. The van der Waals surface area contributed by atoms with Gasteiger partial charge in [0.15, 0.2) is 13.7 Å². The smallest absolute Gasteiger partial charge is 0.200 e. The highest BCUT2D eigenvalue weighted by atomic mass is 31.2. The van der Waals surface area contributed by atoms with E-state index < -0.39 is 7.37 Å². The van der Waals surface area contributed by atoms with Crippen LogP contribution in [0, 0.1) is 5.92 Å². The first kappa shape index (κ1) is 18.1. The van der Waals surface area contributed by atoms with Gasteiger partial charge in [-0.1, -0.05) is 20.3 Å². The molecular formula is C13H29O4P. The molecule has 0 aromatic carbocycles. The first-order valence-corrected chi connectivity index (χ1v) is 9.15. The molecule has 2 atom stereocenters. The summed E-state index contributed by atoms with van der Waals surface area (Å²) < 4.78 is 28.6. The van der Waals surface area contributed by atoms with E-state index in [-0.39, 0.29) is 6.29 Å². The minimum absolute atomic E-state index is 0.263. The van der Waals surface area contributed by atoms with E-state index in [9.17, 15) is 4.57 Å². The van der Waals surface area contributed by atoms with Crippen LogP contribution in [0.2, 0.25) is 0 Å². The van der Waals surface area contributed by atoms with Crippen LogP contribution in [0.15, 0.2) is 0 Å². The van der Waals surface area contributed by atoms with E-state index in [1.54, 1.807) is 6.66 Å². The van der Waals surface area contributed by atoms with Gasteiger partial charge in [0.05, 0.1) is 6.61 Å². The molecule has 4 nitrogen and oxygen atoms in total. The fourth-order valence-electron chi connectivity index (χ4n) is 1.39. The molecule has 18 heavy (non-hydrogen) atoms. The van der Waals surface area contributed by atoms with Gasteiger partial charge in [-0.3, -0.25) is 4.57 Å².